The van der Waals surface area contributed by atoms with E-state index < -0.39 is 0 Å². The Bertz CT molecular complexity index is 918. The number of halogens is 2. The number of hydrogen-bond acceptors (Lipinski definition) is 2. The van der Waals surface area contributed by atoms with Crippen molar-refractivity contribution < 1.29 is 9.18 Å². The highest BCUT2D eigenvalue weighted by atomic mass is 79.9. The van der Waals surface area contributed by atoms with Gasteiger partial charge < -0.3 is 9.47 Å². The maximum absolute atomic E-state index is 13.4. The second-order valence-corrected chi connectivity index (χ2v) is 6.64. The van der Waals surface area contributed by atoms with Gasteiger partial charge >= 0.3 is 0 Å². The minimum Gasteiger partial charge on any atom is -0.343 e. The Morgan fingerprint density at radius 2 is 1.60 bits per heavy atom. The molecule has 0 radical (unpaired) electrons. The van der Waals surface area contributed by atoms with Crippen LogP contribution in [0, 0.1) is 5.82 Å². The molecule has 128 valence electrons. The van der Waals surface area contributed by atoms with Crippen molar-refractivity contribution in [2.45, 2.75) is 0 Å². The third kappa shape index (κ3) is 3.09. The molecule has 0 fully saturated rings. The summed E-state index contributed by atoms with van der Waals surface area (Å²) in [4.78, 5) is 18.4. The van der Waals surface area contributed by atoms with Crippen LogP contribution in [0.1, 0.15) is 10.5 Å². The lowest BCUT2D eigenvalue weighted by molar-refractivity contribution is 0.0819. The highest BCUT2D eigenvalue weighted by Crippen LogP contribution is 2.42. The van der Waals surface area contributed by atoms with Gasteiger partial charge in [-0.05, 0) is 51.3 Å². The second kappa shape index (κ2) is 6.80. The number of carbonyl (C=O) groups excluding carboxylic acids is 1. The van der Waals surface area contributed by atoms with Crippen molar-refractivity contribution in [1.29, 1.82) is 0 Å². The van der Waals surface area contributed by atoms with Gasteiger partial charge in [-0.2, -0.15) is 0 Å². The van der Waals surface area contributed by atoms with Crippen LogP contribution in [0.5, 0.6) is 0 Å². The smallest absolute Gasteiger partial charge is 0.270 e. The average Bonchev–Trinajstić information content (AvgIpc) is 2.87. The summed E-state index contributed by atoms with van der Waals surface area (Å²) >= 11 is 3.62. The molecule has 0 saturated heterocycles. The van der Waals surface area contributed by atoms with E-state index in [4.69, 9.17) is 0 Å². The Kier molecular flexibility index (Phi) is 4.72. The third-order valence-corrected chi connectivity index (χ3v) is 4.96. The normalized spacial score (nSPS) is 10.8. The van der Waals surface area contributed by atoms with E-state index in [0.29, 0.717) is 5.69 Å². The molecule has 0 unspecified atom stereocenters. The van der Waals surface area contributed by atoms with Crippen molar-refractivity contribution in [3.05, 3.63) is 64.9 Å². The molecule has 0 spiro atoms. The summed E-state index contributed by atoms with van der Waals surface area (Å²) in [5.74, 6) is -0.437. The lowest BCUT2D eigenvalue weighted by Crippen LogP contribution is -2.24. The van der Waals surface area contributed by atoms with Gasteiger partial charge in [0.15, 0.2) is 0 Å². The predicted octanol–water partition coefficient (Wildman–Crippen LogP) is 4.36. The van der Waals surface area contributed by atoms with Crippen molar-refractivity contribution in [1.82, 2.24) is 14.5 Å². The molecule has 6 heteroatoms. The van der Waals surface area contributed by atoms with E-state index in [1.807, 2.05) is 23.7 Å². The molecule has 1 aromatic carbocycles. The van der Waals surface area contributed by atoms with Crippen LogP contribution in [0.4, 0.5) is 4.39 Å². The Hall–Kier alpha value is -2.47. The highest BCUT2D eigenvalue weighted by Gasteiger charge is 2.27. The van der Waals surface area contributed by atoms with Crippen LogP contribution in [-0.2, 0) is 7.05 Å². The summed E-state index contributed by atoms with van der Waals surface area (Å²) in [5.41, 5.74) is 3.88. The quantitative estimate of drug-likeness (QED) is 0.653. The van der Waals surface area contributed by atoms with Gasteiger partial charge in [0.1, 0.15) is 11.5 Å². The average molecular weight is 402 g/mol. The number of amides is 1. The zero-order chi connectivity index (χ0) is 18.1. The Morgan fingerprint density at radius 3 is 2.16 bits per heavy atom. The monoisotopic (exact) mass is 401 g/mol. The lowest BCUT2D eigenvalue weighted by Gasteiger charge is -2.14. The minimum atomic E-state index is -0.315. The molecule has 0 aliphatic rings. The molecule has 1 amide bonds. The van der Waals surface area contributed by atoms with Gasteiger partial charge in [0, 0.05) is 44.7 Å². The molecule has 4 nitrogen and oxygen atoms in total. The topological polar surface area (TPSA) is 38.1 Å². The first-order chi connectivity index (χ1) is 11.9. The minimum absolute atomic E-state index is 0.122. The number of nitrogens with zero attached hydrogens (tertiary/aromatic N) is 3. The summed E-state index contributed by atoms with van der Waals surface area (Å²) in [7, 11) is 5.26. The zero-order valence-electron chi connectivity index (χ0n) is 14.1. The van der Waals surface area contributed by atoms with E-state index in [-0.39, 0.29) is 11.7 Å². The SMILES string of the molecule is CN(C)C(=O)c1c(-c2ccc(F)cc2)c(-c2ccncc2)c(Br)n1C. The number of benzene rings is 1. The van der Waals surface area contributed by atoms with E-state index >= 15 is 0 Å². The molecule has 0 atom stereocenters. The summed E-state index contributed by atoms with van der Waals surface area (Å²) in [6, 6.07) is 9.95. The van der Waals surface area contributed by atoms with Gasteiger partial charge in [-0.1, -0.05) is 12.1 Å². The molecular weight excluding hydrogens is 385 g/mol. The van der Waals surface area contributed by atoms with Crippen molar-refractivity contribution in [2.24, 2.45) is 7.05 Å². The molecule has 2 aromatic heterocycles. The number of hydrogen-bond donors (Lipinski definition) is 0. The first-order valence-corrected chi connectivity index (χ1v) is 8.47. The fourth-order valence-electron chi connectivity index (χ4n) is 2.80. The van der Waals surface area contributed by atoms with E-state index in [0.717, 1.165) is 26.9 Å². The van der Waals surface area contributed by atoms with Crippen molar-refractivity contribution in [2.75, 3.05) is 14.1 Å². The number of pyridine rings is 1. The first-order valence-electron chi connectivity index (χ1n) is 7.68. The van der Waals surface area contributed by atoms with Crippen LogP contribution in [0.15, 0.2) is 53.4 Å². The van der Waals surface area contributed by atoms with Gasteiger partial charge in [-0.3, -0.25) is 9.78 Å². The van der Waals surface area contributed by atoms with Gasteiger partial charge in [-0.25, -0.2) is 4.39 Å². The van der Waals surface area contributed by atoms with Gasteiger partial charge in [0.25, 0.3) is 5.91 Å². The summed E-state index contributed by atoms with van der Waals surface area (Å²) in [5, 5.41) is 0. The van der Waals surface area contributed by atoms with Crippen molar-refractivity contribution in [3.63, 3.8) is 0 Å². The van der Waals surface area contributed by atoms with Crippen LogP contribution in [0.3, 0.4) is 0 Å². The number of rotatable bonds is 3. The van der Waals surface area contributed by atoms with Crippen LogP contribution in [0.25, 0.3) is 22.3 Å². The maximum Gasteiger partial charge on any atom is 0.270 e. The zero-order valence-corrected chi connectivity index (χ0v) is 15.7. The molecular formula is C19H17BrFN3O. The van der Waals surface area contributed by atoms with Crippen LogP contribution in [0.2, 0.25) is 0 Å². The molecule has 0 aliphatic heterocycles. The fourth-order valence-corrected chi connectivity index (χ4v) is 3.40. The van der Waals surface area contributed by atoms with E-state index in [1.54, 1.807) is 38.6 Å². The number of carbonyl (C=O) groups is 1. The van der Waals surface area contributed by atoms with Crippen LogP contribution < -0.4 is 0 Å². The first kappa shape index (κ1) is 17.4. The second-order valence-electron chi connectivity index (χ2n) is 5.89. The third-order valence-electron chi connectivity index (χ3n) is 4.03. The van der Waals surface area contributed by atoms with Gasteiger partial charge in [-0.15, -0.1) is 0 Å². The molecule has 25 heavy (non-hydrogen) atoms. The predicted molar refractivity (Wildman–Crippen MR) is 99.8 cm³/mol. The molecule has 0 bridgehead atoms. The Morgan fingerprint density at radius 1 is 1.04 bits per heavy atom. The van der Waals surface area contributed by atoms with Crippen molar-refractivity contribution >= 4 is 21.8 Å². The van der Waals surface area contributed by atoms with Gasteiger partial charge in [0.05, 0.1) is 4.60 Å². The summed E-state index contributed by atoms with van der Waals surface area (Å²) < 4.78 is 16.0. The van der Waals surface area contributed by atoms with Gasteiger partial charge in [0.2, 0.25) is 0 Å². The Labute approximate surface area is 154 Å². The fraction of sp³-hybridized carbons (Fsp3) is 0.158. The largest absolute Gasteiger partial charge is 0.343 e. The lowest BCUT2D eigenvalue weighted by atomic mass is 9.97. The molecule has 3 rings (SSSR count). The molecule has 0 N–H and O–H groups in total. The van der Waals surface area contributed by atoms with E-state index in [9.17, 15) is 9.18 Å². The maximum atomic E-state index is 13.4. The van der Waals surface area contributed by atoms with E-state index in [2.05, 4.69) is 20.9 Å². The molecule has 0 saturated carbocycles. The Balaban J connectivity index is 2.37. The highest BCUT2D eigenvalue weighted by molar-refractivity contribution is 9.10. The van der Waals surface area contributed by atoms with Crippen molar-refractivity contribution in [3.8, 4) is 22.3 Å². The molecule has 0 aliphatic carbocycles. The van der Waals surface area contributed by atoms with Crippen LogP contribution in [-0.4, -0.2) is 34.5 Å². The van der Waals surface area contributed by atoms with Crippen LogP contribution >= 0.6 is 15.9 Å². The van der Waals surface area contributed by atoms with E-state index in [1.165, 1.54) is 17.0 Å². The number of aromatic nitrogens is 2. The standard InChI is InChI=1S/C19H17BrFN3O/c1-23(2)19(25)17-15(12-4-6-14(21)7-5-12)16(18(20)24(17)3)13-8-10-22-11-9-13/h4-11H,1-3H3. The summed E-state index contributed by atoms with van der Waals surface area (Å²) in [6.45, 7) is 0. The molecule has 3 aromatic rings. The molecule has 2 heterocycles. The summed E-state index contributed by atoms with van der Waals surface area (Å²) in [6.07, 6.45) is 3.41.